The number of aliphatic hydroxyl groups is 4. The van der Waals surface area contributed by atoms with Gasteiger partial charge in [0.2, 0.25) is 6.29 Å². The monoisotopic (exact) mass is 448 g/mol. The van der Waals surface area contributed by atoms with Gasteiger partial charge in [-0.1, -0.05) is 18.2 Å². The maximum absolute atomic E-state index is 10.2. The molecule has 0 aromatic heterocycles. The Balaban J connectivity index is 1.82. The molecule has 9 nitrogen and oxygen atoms in total. The van der Waals surface area contributed by atoms with Crippen molar-refractivity contribution >= 4 is 12.2 Å². The zero-order valence-corrected chi connectivity index (χ0v) is 18.0. The zero-order valence-electron chi connectivity index (χ0n) is 18.0. The molecule has 1 aliphatic rings. The summed E-state index contributed by atoms with van der Waals surface area (Å²) in [6, 6.07) is 10.6. The van der Waals surface area contributed by atoms with Gasteiger partial charge < -0.3 is 44.1 Å². The zero-order chi connectivity index (χ0) is 23.3. The van der Waals surface area contributed by atoms with E-state index < -0.39 is 37.3 Å². The van der Waals surface area contributed by atoms with Crippen LogP contribution in [-0.4, -0.2) is 79.1 Å². The van der Waals surface area contributed by atoms with E-state index in [1.54, 1.807) is 38.5 Å². The van der Waals surface area contributed by atoms with E-state index in [9.17, 15) is 20.4 Å². The predicted octanol–water partition coefficient (Wildman–Crippen LogP) is 1.06. The van der Waals surface area contributed by atoms with Crippen molar-refractivity contribution in [3.63, 3.8) is 0 Å². The Morgan fingerprint density at radius 2 is 1.47 bits per heavy atom. The fourth-order valence-electron chi connectivity index (χ4n) is 3.32. The molecule has 0 saturated carbocycles. The second-order valence-electron chi connectivity index (χ2n) is 7.20. The Hall–Kier alpha value is -2.82. The minimum atomic E-state index is -1.53. The number of aliphatic hydroxyl groups excluding tert-OH is 4. The van der Waals surface area contributed by atoms with Gasteiger partial charge in [0.25, 0.3) is 0 Å². The summed E-state index contributed by atoms with van der Waals surface area (Å²) in [5, 5.41) is 39.4. The summed E-state index contributed by atoms with van der Waals surface area (Å²) in [5.41, 5.74) is 1.61. The summed E-state index contributed by atoms with van der Waals surface area (Å²) in [5.74, 6) is 2.04. The highest BCUT2D eigenvalue weighted by Crippen LogP contribution is 2.30. The first-order chi connectivity index (χ1) is 15.4. The van der Waals surface area contributed by atoms with Crippen LogP contribution in [-0.2, 0) is 4.74 Å². The summed E-state index contributed by atoms with van der Waals surface area (Å²) >= 11 is 0. The van der Waals surface area contributed by atoms with Gasteiger partial charge >= 0.3 is 0 Å². The minimum Gasteiger partial charge on any atom is -0.497 e. The third-order valence-electron chi connectivity index (χ3n) is 5.11. The number of rotatable bonds is 8. The summed E-state index contributed by atoms with van der Waals surface area (Å²) in [6.45, 7) is -0.539. The molecule has 0 bridgehead atoms. The third kappa shape index (κ3) is 5.32. The molecule has 1 fully saturated rings. The lowest BCUT2D eigenvalue weighted by molar-refractivity contribution is -0.277. The van der Waals surface area contributed by atoms with E-state index >= 15 is 0 Å². The van der Waals surface area contributed by atoms with Crippen LogP contribution in [0.1, 0.15) is 11.1 Å². The molecule has 1 heterocycles. The molecule has 0 amide bonds. The first-order valence-corrected chi connectivity index (χ1v) is 9.96. The fraction of sp³-hybridized carbons (Fsp3) is 0.391. The van der Waals surface area contributed by atoms with Crippen LogP contribution in [0.5, 0.6) is 23.0 Å². The van der Waals surface area contributed by atoms with Gasteiger partial charge in [0, 0.05) is 6.07 Å². The minimum absolute atomic E-state index is 0.306. The van der Waals surface area contributed by atoms with E-state index in [2.05, 4.69) is 0 Å². The van der Waals surface area contributed by atoms with Crippen molar-refractivity contribution in [2.24, 2.45) is 0 Å². The number of methoxy groups -OCH3 is 3. The van der Waals surface area contributed by atoms with E-state index in [1.165, 1.54) is 7.11 Å². The van der Waals surface area contributed by atoms with Gasteiger partial charge in [-0.15, -0.1) is 0 Å². The molecule has 0 spiro atoms. The van der Waals surface area contributed by atoms with Gasteiger partial charge in [-0.05, 0) is 35.4 Å². The van der Waals surface area contributed by atoms with Gasteiger partial charge in [0.1, 0.15) is 35.9 Å². The Bertz CT molecular complexity index is 928. The lowest BCUT2D eigenvalue weighted by Crippen LogP contribution is -2.60. The molecule has 1 saturated heterocycles. The van der Waals surface area contributed by atoms with Crippen molar-refractivity contribution in [3.05, 3.63) is 47.5 Å². The topological polar surface area (TPSA) is 127 Å². The Labute approximate surface area is 186 Å². The number of hydrogen-bond acceptors (Lipinski definition) is 9. The molecule has 3 rings (SSSR count). The molecule has 9 heteroatoms. The highest BCUT2D eigenvalue weighted by atomic mass is 16.7. The van der Waals surface area contributed by atoms with Crippen LogP contribution in [0.2, 0.25) is 0 Å². The molecule has 0 aliphatic carbocycles. The Kier molecular flexibility index (Phi) is 7.94. The van der Waals surface area contributed by atoms with Crippen LogP contribution in [0.15, 0.2) is 36.4 Å². The average Bonchev–Trinajstić information content (AvgIpc) is 2.82. The van der Waals surface area contributed by atoms with Crippen LogP contribution < -0.4 is 18.9 Å². The summed E-state index contributed by atoms with van der Waals surface area (Å²) in [4.78, 5) is 0. The number of ether oxygens (including phenoxy) is 5. The second-order valence-corrected chi connectivity index (χ2v) is 7.20. The largest absolute Gasteiger partial charge is 0.497 e. The van der Waals surface area contributed by atoms with Crippen molar-refractivity contribution in [2.45, 2.75) is 30.7 Å². The third-order valence-corrected chi connectivity index (χ3v) is 5.11. The van der Waals surface area contributed by atoms with Crippen molar-refractivity contribution in [1.29, 1.82) is 0 Å². The van der Waals surface area contributed by atoms with E-state index in [-0.39, 0.29) is 0 Å². The van der Waals surface area contributed by atoms with Gasteiger partial charge in [0.15, 0.2) is 11.5 Å². The molecule has 0 radical (unpaired) electrons. The molecule has 5 unspecified atom stereocenters. The molecular weight excluding hydrogens is 420 g/mol. The molecule has 2 aromatic carbocycles. The lowest BCUT2D eigenvalue weighted by Gasteiger charge is -2.39. The standard InChI is InChI=1S/C23H28O9/c1-28-15-8-14(5-4-13-6-7-17(29-2)18(10-13)30-3)9-16(11-15)31-23-22(27)21(26)20(25)19(12-24)32-23/h4-11,19-27H,12H2,1-3H3. The maximum atomic E-state index is 10.2. The van der Waals surface area contributed by atoms with Crippen LogP contribution in [0, 0.1) is 0 Å². The highest BCUT2D eigenvalue weighted by Gasteiger charge is 2.44. The first kappa shape index (κ1) is 23.8. The molecule has 174 valence electrons. The van der Waals surface area contributed by atoms with Crippen molar-refractivity contribution < 1.29 is 44.1 Å². The van der Waals surface area contributed by atoms with E-state index in [4.69, 9.17) is 23.7 Å². The van der Waals surface area contributed by atoms with Crippen LogP contribution in [0.25, 0.3) is 12.2 Å². The Morgan fingerprint density at radius 3 is 2.12 bits per heavy atom. The molecular formula is C23H28O9. The van der Waals surface area contributed by atoms with Gasteiger partial charge in [-0.25, -0.2) is 0 Å². The normalized spacial score (nSPS) is 25.5. The van der Waals surface area contributed by atoms with Crippen LogP contribution >= 0.6 is 0 Å². The van der Waals surface area contributed by atoms with Gasteiger partial charge in [-0.2, -0.15) is 0 Å². The van der Waals surface area contributed by atoms with Crippen molar-refractivity contribution in [3.8, 4) is 23.0 Å². The van der Waals surface area contributed by atoms with Gasteiger partial charge in [-0.3, -0.25) is 0 Å². The summed E-state index contributed by atoms with van der Waals surface area (Å²) < 4.78 is 27.0. The maximum Gasteiger partial charge on any atom is 0.229 e. The van der Waals surface area contributed by atoms with E-state index in [0.29, 0.717) is 23.0 Å². The van der Waals surface area contributed by atoms with E-state index in [1.807, 2.05) is 24.3 Å². The highest BCUT2D eigenvalue weighted by molar-refractivity contribution is 5.72. The van der Waals surface area contributed by atoms with Crippen molar-refractivity contribution in [1.82, 2.24) is 0 Å². The first-order valence-electron chi connectivity index (χ1n) is 9.96. The van der Waals surface area contributed by atoms with Crippen LogP contribution in [0.4, 0.5) is 0 Å². The fourth-order valence-corrected chi connectivity index (χ4v) is 3.32. The lowest BCUT2D eigenvalue weighted by atomic mass is 9.99. The van der Waals surface area contributed by atoms with Crippen molar-refractivity contribution in [2.75, 3.05) is 27.9 Å². The molecule has 4 N–H and O–H groups in total. The van der Waals surface area contributed by atoms with Crippen LogP contribution in [0.3, 0.4) is 0 Å². The van der Waals surface area contributed by atoms with E-state index in [0.717, 1.165) is 11.1 Å². The SMILES string of the molecule is COc1cc(C=Cc2ccc(OC)c(OC)c2)cc(OC2OC(CO)C(O)C(O)C2O)c1. The Morgan fingerprint density at radius 1 is 0.781 bits per heavy atom. The molecule has 5 atom stereocenters. The molecule has 32 heavy (non-hydrogen) atoms. The smallest absolute Gasteiger partial charge is 0.229 e. The molecule has 1 aliphatic heterocycles. The molecule has 2 aromatic rings. The summed E-state index contributed by atoms with van der Waals surface area (Å²) in [6.07, 6.45) is -3.14. The number of benzene rings is 2. The van der Waals surface area contributed by atoms with Gasteiger partial charge in [0.05, 0.1) is 27.9 Å². The quantitative estimate of drug-likeness (QED) is 0.439. The predicted molar refractivity (Wildman–Crippen MR) is 116 cm³/mol. The number of hydrogen-bond donors (Lipinski definition) is 4. The second kappa shape index (κ2) is 10.7. The average molecular weight is 448 g/mol. The summed E-state index contributed by atoms with van der Waals surface area (Å²) in [7, 11) is 4.64.